The minimum absolute atomic E-state index is 0.416. The van der Waals surface area contributed by atoms with Gasteiger partial charge in [0, 0.05) is 17.6 Å². The highest BCUT2D eigenvalue weighted by Crippen LogP contribution is 2.25. The van der Waals surface area contributed by atoms with Gasteiger partial charge in [-0.1, -0.05) is 17.7 Å². The van der Waals surface area contributed by atoms with Crippen molar-refractivity contribution in [2.45, 2.75) is 18.4 Å². The van der Waals surface area contributed by atoms with E-state index in [9.17, 15) is 0 Å². The molecule has 3 aromatic rings. The van der Waals surface area contributed by atoms with Gasteiger partial charge in [0.2, 0.25) is 0 Å². The normalized spacial score (nSPS) is 11.1. The van der Waals surface area contributed by atoms with Gasteiger partial charge in [-0.3, -0.25) is 3.97 Å². The summed E-state index contributed by atoms with van der Waals surface area (Å²) in [5, 5.41) is 0. The quantitative estimate of drug-likeness (QED) is 0.795. The minimum atomic E-state index is 0.416. The summed E-state index contributed by atoms with van der Waals surface area (Å²) in [6.07, 6.45) is 3.71. The second-order valence-electron chi connectivity index (χ2n) is 4.32. The summed E-state index contributed by atoms with van der Waals surface area (Å²) in [6, 6.07) is 10.4. The van der Waals surface area contributed by atoms with Crippen LogP contribution in [0.5, 0.6) is 0 Å². The van der Waals surface area contributed by atoms with Crippen LogP contribution < -0.4 is 5.73 Å². The van der Waals surface area contributed by atoms with Crippen molar-refractivity contribution in [2.24, 2.45) is 5.73 Å². The van der Waals surface area contributed by atoms with Gasteiger partial charge >= 0.3 is 0 Å². The molecule has 0 aliphatic heterocycles. The fourth-order valence-electron chi connectivity index (χ4n) is 1.81. The molecule has 0 amide bonds. The Morgan fingerprint density at radius 3 is 2.74 bits per heavy atom. The summed E-state index contributed by atoms with van der Waals surface area (Å²) in [5.41, 5.74) is 9.38. The lowest BCUT2D eigenvalue weighted by Crippen LogP contribution is -2.00. The Balaban J connectivity index is 1.95. The van der Waals surface area contributed by atoms with Crippen molar-refractivity contribution in [2.75, 3.05) is 0 Å². The topological polar surface area (TPSA) is 56.7 Å². The number of aryl methyl sites for hydroxylation is 1. The van der Waals surface area contributed by atoms with Crippen molar-refractivity contribution in [3.05, 3.63) is 54.0 Å². The van der Waals surface area contributed by atoms with E-state index >= 15 is 0 Å². The van der Waals surface area contributed by atoms with Crippen LogP contribution in [-0.2, 0) is 6.54 Å². The van der Waals surface area contributed by atoms with E-state index in [1.165, 1.54) is 10.5 Å². The third kappa shape index (κ3) is 2.47. The molecule has 2 aromatic heterocycles. The standard InChI is InChI=1S/C14H14N4S/c1-10-2-4-12(5-3-10)19-18-7-6-13-14(18)16-9-11(8-15)17-13/h2-7,9H,8,15H2,1H3. The molecule has 3 rings (SSSR count). The van der Waals surface area contributed by atoms with E-state index in [1.807, 2.05) is 16.2 Å². The molecule has 0 unspecified atom stereocenters. The molecule has 1 aromatic carbocycles. The predicted octanol–water partition coefficient (Wildman–Crippen LogP) is 2.75. The average molecular weight is 270 g/mol. The first kappa shape index (κ1) is 12.2. The van der Waals surface area contributed by atoms with Crippen LogP contribution in [-0.4, -0.2) is 13.9 Å². The molecule has 0 bridgehead atoms. The molecule has 0 spiro atoms. The summed E-state index contributed by atoms with van der Waals surface area (Å²) in [6.45, 7) is 2.50. The Labute approximate surface area is 115 Å². The second-order valence-corrected chi connectivity index (χ2v) is 5.37. The molecule has 0 atom stereocenters. The van der Waals surface area contributed by atoms with Crippen molar-refractivity contribution >= 4 is 23.1 Å². The van der Waals surface area contributed by atoms with E-state index in [2.05, 4.69) is 41.2 Å². The average Bonchev–Trinajstić information content (AvgIpc) is 2.83. The molecule has 0 aliphatic carbocycles. The molecular weight excluding hydrogens is 256 g/mol. The molecule has 0 fully saturated rings. The fraction of sp³-hybridized carbons (Fsp3) is 0.143. The summed E-state index contributed by atoms with van der Waals surface area (Å²) < 4.78 is 2.02. The summed E-state index contributed by atoms with van der Waals surface area (Å²) in [7, 11) is 0. The summed E-state index contributed by atoms with van der Waals surface area (Å²) in [5.74, 6) is 0. The number of nitrogens with two attached hydrogens (primary N) is 1. The van der Waals surface area contributed by atoms with Gasteiger partial charge < -0.3 is 5.73 Å². The highest BCUT2D eigenvalue weighted by Gasteiger charge is 2.06. The first-order valence-electron chi connectivity index (χ1n) is 6.04. The number of aromatic nitrogens is 3. The molecule has 19 heavy (non-hydrogen) atoms. The second kappa shape index (κ2) is 5.03. The predicted molar refractivity (Wildman–Crippen MR) is 77.9 cm³/mol. The SMILES string of the molecule is Cc1ccc(Sn2ccc3nc(CN)cnc32)cc1. The van der Waals surface area contributed by atoms with E-state index in [0.29, 0.717) is 6.54 Å². The van der Waals surface area contributed by atoms with Crippen molar-refractivity contribution in [3.63, 3.8) is 0 Å². The van der Waals surface area contributed by atoms with Crippen molar-refractivity contribution in [3.8, 4) is 0 Å². The fourth-order valence-corrected chi connectivity index (χ4v) is 2.64. The van der Waals surface area contributed by atoms with Crippen molar-refractivity contribution in [1.29, 1.82) is 0 Å². The third-order valence-corrected chi connectivity index (χ3v) is 3.81. The molecule has 0 saturated heterocycles. The third-order valence-electron chi connectivity index (χ3n) is 2.84. The Kier molecular flexibility index (Phi) is 3.23. The zero-order chi connectivity index (χ0) is 13.2. The monoisotopic (exact) mass is 270 g/mol. The first-order valence-corrected chi connectivity index (χ1v) is 6.81. The molecule has 2 N–H and O–H groups in total. The van der Waals surface area contributed by atoms with Crippen molar-refractivity contribution in [1.82, 2.24) is 13.9 Å². The van der Waals surface area contributed by atoms with Gasteiger partial charge in [-0.15, -0.1) is 0 Å². The molecule has 96 valence electrons. The minimum Gasteiger partial charge on any atom is -0.325 e. The van der Waals surface area contributed by atoms with Crippen LogP contribution >= 0.6 is 11.9 Å². The van der Waals surface area contributed by atoms with E-state index in [4.69, 9.17) is 5.73 Å². The van der Waals surface area contributed by atoms with Gasteiger partial charge in [-0.2, -0.15) is 0 Å². The Morgan fingerprint density at radius 2 is 2.00 bits per heavy atom. The molecular formula is C14H14N4S. The van der Waals surface area contributed by atoms with E-state index in [1.54, 1.807) is 18.1 Å². The van der Waals surface area contributed by atoms with Gasteiger partial charge in [0.25, 0.3) is 0 Å². The van der Waals surface area contributed by atoms with Gasteiger partial charge in [-0.05, 0) is 37.1 Å². The Hall–Kier alpha value is -1.85. The lowest BCUT2D eigenvalue weighted by molar-refractivity contribution is 0.985. The lowest BCUT2D eigenvalue weighted by Gasteiger charge is -2.04. The molecule has 2 heterocycles. The zero-order valence-electron chi connectivity index (χ0n) is 10.6. The number of benzene rings is 1. The lowest BCUT2D eigenvalue weighted by atomic mass is 10.2. The molecule has 0 aliphatic rings. The van der Waals surface area contributed by atoms with E-state index < -0.39 is 0 Å². The van der Waals surface area contributed by atoms with Gasteiger partial charge in [0.05, 0.1) is 11.9 Å². The zero-order valence-corrected chi connectivity index (χ0v) is 11.4. The molecule has 5 heteroatoms. The van der Waals surface area contributed by atoms with E-state index in [-0.39, 0.29) is 0 Å². The highest BCUT2D eigenvalue weighted by atomic mass is 32.2. The molecule has 0 radical (unpaired) electrons. The van der Waals surface area contributed by atoms with Crippen LogP contribution in [0.4, 0.5) is 0 Å². The van der Waals surface area contributed by atoms with Gasteiger partial charge in [0.1, 0.15) is 5.52 Å². The van der Waals surface area contributed by atoms with Crippen LogP contribution in [0, 0.1) is 6.92 Å². The molecule has 0 saturated carbocycles. The van der Waals surface area contributed by atoms with E-state index in [0.717, 1.165) is 16.9 Å². The van der Waals surface area contributed by atoms with Crippen LogP contribution in [0.3, 0.4) is 0 Å². The van der Waals surface area contributed by atoms with Crippen LogP contribution in [0.2, 0.25) is 0 Å². The number of hydrogen-bond donors (Lipinski definition) is 1. The smallest absolute Gasteiger partial charge is 0.169 e. The maximum absolute atomic E-state index is 5.57. The molecule has 4 nitrogen and oxygen atoms in total. The Bertz CT molecular complexity index is 703. The number of rotatable bonds is 3. The van der Waals surface area contributed by atoms with Crippen LogP contribution in [0.15, 0.2) is 47.6 Å². The first-order chi connectivity index (χ1) is 9.26. The van der Waals surface area contributed by atoms with Gasteiger partial charge in [0.15, 0.2) is 5.65 Å². The number of hydrogen-bond acceptors (Lipinski definition) is 4. The maximum atomic E-state index is 5.57. The highest BCUT2D eigenvalue weighted by molar-refractivity contribution is 7.98. The Morgan fingerprint density at radius 1 is 1.21 bits per heavy atom. The summed E-state index contributed by atoms with van der Waals surface area (Å²) >= 11 is 1.63. The van der Waals surface area contributed by atoms with Gasteiger partial charge in [-0.25, -0.2) is 9.97 Å². The largest absolute Gasteiger partial charge is 0.325 e. The van der Waals surface area contributed by atoms with Crippen molar-refractivity contribution < 1.29 is 0 Å². The van der Waals surface area contributed by atoms with Crippen LogP contribution in [0.25, 0.3) is 11.2 Å². The maximum Gasteiger partial charge on any atom is 0.169 e. The number of nitrogens with zero attached hydrogens (tertiary/aromatic N) is 3. The summed E-state index contributed by atoms with van der Waals surface area (Å²) in [4.78, 5) is 10.0. The van der Waals surface area contributed by atoms with Crippen LogP contribution in [0.1, 0.15) is 11.3 Å². The number of fused-ring (bicyclic) bond motifs is 1.